The third-order valence-electron chi connectivity index (χ3n) is 1.94. The van der Waals surface area contributed by atoms with Crippen LogP contribution in [0.25, 0.3) is 0 Å². The van der Waals surface area contributed by atoms with Gasteiger partial charge in [-0.1, -0.05) is 19.1 Å². The van der Waals surface area contributed by atoms with Gasteiger partial charge in [0, 0.05) is 6.54 Å². The normalized spacial score (nSPS) is 11.6. The van der Waals surface area contributed by atoms with E-state index in [9.17, 15) is 0 Å². The average Bonchev–Trinajstić information content (AvgIpc) is 2.35. The van der Waals surface area contributed by atoms with Crippen molar-refractivity contribution in [3.8, 4) is 0 Å². The van der Waals surface area contributed by atoms with Gasteiger partial charge in [-0.2, -0.15) is 0 Å². The van der Waals surface area contributed by atoms with Crippen molar-refractivity contribution < 1.29 is 0 Å². The molecule has 4 heteroatoms. The maximum absolute atomic E-state index is 3.19. The molecule has 0 fully saturated rings. The quantitative estimate of drug-likeness (QED) is 0.323. The molecule has 0 spiro atoms. The Bertz CT molecular complexity index is 221. The molecule has 0 aliphatic carbocycles. The smallest absolute Gasteiger partial charge is 0.0839 e. The Kier molecular flexibility index (Phi) is 13.4. The molecule has 0 aromatic rings. The van der Waals surface area contributed by atoms with E-state index in [1.807, 2.05) is 31.7 Å². The van der Waals surface area contributed by atoms with Crippen LogP contribution in [-0.2, 0) is 0 Å². The van der Waals surface area contributed by atoms with Crippen LogP contribution in [0, 0.1) is 0 Å². The minimum absolute atomic E-state index is 0.755. The zero-order valence-corrected chi connectivity index (χ0v) is 11.0. The van der Waals surface area contributed by atoms with Gasteiger partial charge in [0.15, 0.2) is 0 Å². The van der Waals surface area contributed by atoms with E-state index >= 15 is 0 Å². The van der Waals surface area contributed by atoms with Crippen LogP contribution >= 0.6 is 0 Å². The molecule has 0 radical (unpaired) electrons. The molecule has 0 aliphatic rings. The van der Waals surface area contributed by atoms with Crippen LogP contribution < -0.4 is 21.3 Å². The zero-order valence-electron chi connectivity index (χ0n) is 11.0. The average molecular weight is 238 g/mol. The SMILES string of the molecule is CCC=CNCNC=CCNC=CCCNC. The Balaban J connectivity index is 3.19. The summed E-state index contributed by atoms with van der Waals surface area (Å²) in [6.45, 7) is 4.73. The second-order valence-electron chi connectivity index (χ2n) is 3.50. The first-order valence-corrected chi connectivity index (χ1v) is 6.21. The van der Waals surface area contributed by atoms with Gasteiger partial charge in [-0.25, -0.2) is 0 Å². The molecule has 0 bridgehead atoms. The van der Waals surface area contributed by atoms with Crippen molar-refractivity contribution in [3.05, 3.63) is 36.8 Å². The van der Waals surface area contributed by atoms with Gasteiger partial charge >= 0.3 is 0 Å². The Hall–Kier alpha value is -1.42. The summed E-state index contributed by atoms with van der Waals surface area (Å²) in [5.41, 5.74) is 0. The molecule has 0 atom stereocenters. The lowest BCUT2D eigenvalue weighted by atomic mass is 10.4. The fraction of sp³-hybridized carbons (Fsp3) is 0.538. The summed E-state index contributed by atoms with van der Waals surface area (Å²) in [6, 6.07) is 0. The van der Waals surface area contributed by atoms with Gasteiger partial charge < -0.3 is 21.3 Å². The summed E-state index contributed by atoms with van der Waals surface area (Å²) in [5.74, 6) is 0. The molecule has 0 aromatic heterocycles. The van der Waals surface area contributed by atoms with Crippen LogP contribution in [0.5, 0.6) is 0 Å². The van der Waals surface area contributed by atoms with Gasteiger partial charge in [0.2, 0.25) is 0 Å². The van der Waals surface area contributed by atoms with Gasteiger partial charge in [0.1, 0.15) is 0 Å². The minimum Gasteiger partial charge on any atom is -0.388 e. The van der Waals surface area contributed by atoms with Crippen molar-refractivity contribution in [1.29, 1.82) is 0 Å². The topological polar surface area (TPSA) is 48.1 Å². The minimum atomic E-state index is 0.755. The first kappa shape index (κ1) is 15.6. The number of rotatable bonds is 11. The van der Waals surface area contributed by atoms with Crippen LogP contribution in [0.15, 0.2) is 36.8 Å². The van der Waals surface area contributed by atoms with Crippen LogP contribution in [0.3, 0.4) is 0 Å². The molecule has 0 aliphatic heterocycles. The van der Waals surface area contributed by atoms with Gasteiger partial charge in [-0.3, -0.25) is 0 Å². The molecular formula is C13H26N4. The number of hydrogen-bond acceptors (Lipinski definition) is 4. The number of hydrogen-bond donors (Lipinski definition) is 4. The predicted octanol–water partition coefficient (Wildman–Crippen LogP) is 1.27. The summed E-state index contributed by atoms with van der Waals surface area (Å²) in [4.78, 5) is 0. The largest absolute Gasteiger partial charge is 0.388 e. The molecule has 0 saturated carbocycles. The highest BCUT2D eigenvalue weighted by molar-refractivity contribution is 4.87. The van der Waals surface area contributed by atoms with Gasteiger partial charge in [-0.15, -0.1) is 0 Å². The van der Waals surface area contributed by atoms with Crippen LogP contribution in [0.4, 0.5) is 0 Å². The Labute approximate surface area is 105 Å². The van der Waals surface area contributed by atoms with E-state index in [2.05, 4.69) is 40.3 Å². The van der Waals surface area contributed by atoms with E-state index in [-0.39, 0.29) is 0 Å². The second kappa shape index (κ2) is 14.6. The highest BCUT2D eigenvalue weighted by Crippen LogP contribution is 1.77. The molecule has 0 heterocycles. The van der Waals surface area contributed by atoms with Gasteiger partial charge in [0.25, 0.3) is 0 Å². The molecule has 4 nitrogen and oxygen atoms in total. The Morgan fingerprint density at radius 1 is 0.882 bits per heavy atom. The van der Waals surface area contributed by atoms with E-state index < -0.39 is 0 Å². The molecule has 4 N–H and O–H groups in total. The lowest BCUT2D eigenvalue weighted by Crippen LogP contribution is -2.20. The summed E-state index contributed by atoms with van der Waals surface area (Å²) in [5, 5.41) is 12.5. The third kappa shape index (κ3) is 14.6. The van der Waals surface area contributed by atoms with Crippen molar-refractivity contribution >= 4 is 0 Å². The molecule has 0 saturated heterocycles. The third-order valence-corrected chi connectivity index (χ3v) is 1.94. The molecule has 0 rings (SSSR count). The molecular weight excluding hydrogens is 212 g/mol. The standard InChI is InChI=1S/C13H26N4/c1-3-4-9-16-13-17-12-7-11-15-10-6-5-8-14-2/h4,6-7,9-10,12,14-17H,3,5,8,11,13H2,1-2H3. The van der Waals surface area contributed by atoms with Crippen molar-refractivity contribution in [1.82, 2.24) is 21.3 Å². The van der Waals surface area contributed by atoms with E-state index in [1.165, 1.54) is 0 Å². The Morgan fingerprint density at radius 3 is 2.29 bits per heavy atom. The first-order chi connectivity index (χ1) is 8.41. The maximum atomic E-state index is 3.19. The molecule has 17 heavy (non-hydrogen) atoms. The summed E-state index contributed by atoms with van der Waals surface area (Å²) >= 11 is 0. The van der Waals surface area contributed by atoms with Crippen molar-refractivity contribution in [2.24, 2.45) is 0 Å². The highest BCUT2D eigenvalue weighted by Gasteiger charge is 1.77. The second-order valence-corrected chi connectivity index (χ2v) is 3.50. The van der Waals surface area contributed by atoms with E-state index in [1.54, 1.807) is 0 Å². The van der Waals surface area contributed by atoms with Crippen LogP contribution in [0.1, 0.15) is 19.8 Å². The van der Waals surface area contributed by atoms with Crippen LogP contribution in [-0.4, -0.2) is 26.8 Å². The van der Waals surface area contributed by atoms with Gasteiger partial charge in [-0.05, 0) is 51.1 Å². The summed E-state index contributed by atoms with van der Waals surface area (Å²) in [6.07, 6.45) is 14.3. The summed E-state index contributed by atoms with van der Waals surface area (Å²) in [7, 11) is 1.96. The molecule has 98 valence electrons. The predicted molar refractivity (Wildman–Crippen MR) is 75.4 cm³/mol. The lowest BCUT2D eigenvalue weighted by Gasteiger charge is -2.00. The van der Waals surface area contributed by atoms with E-state index in [4.69, 9.17) is 0 Å². The monoisotopic (exact) mass is 238 g/mol. The zero-order chi connectivity index (χ0) is 12.6. The first-order valence-electron chi connectivity index (χ1n) is 6.21. The fourth-order valence-corrected chi connectivity index (χ4v) is 1.05. The summed E-state index contributed by atoms with van der Waals surface area (Å²) < 4.78 is 0. The lowest BCUT2D eigenvalue weighted by molar-refractivity contribution is 0.764. The highest BCUT2D eigenvalue weighted by atomic mass is 15.0. The van der Waals surface area contributed by atoms with E-state index in [0.717, 1.165) is 32.6 Å². The Morgan fingerprint density at radius 2 is 1.59 bits per heavy atom. The van der Waals surface area contributed by atoms with Gasteiger partial charge in [0.05, 0.1) is 6.67 Å². The van der Waals surface area contributed by atoms with Crippen LogP contribution in [0.2, 0.25) is 0 Å². The fourth-order valence-electron chi connectivity index (χ4n) is 1.05. The number of nitrogens with one attached hydrogen (secondary N) is 4. The van der Waals surface area contributed by atoms with Crippen molar-refractivity contribution in [2.75, 3.05) is 26.8 Å². The molecule has 0 unspecified atom stereocenters. The van der Waals surface area contributed by atoms with E-state index in [0.29, 0.717) is 0 Å². The van der Waals surface area contributed by atoms with Crippen molar-refractivity contribution in [2.45, 2.75) is 19.8 Å². The number of allylic oxidation sites excluding steroid dienone is 1. The molecule has 0 aromatic carbocycles. The molecule has 0 amide bonds. The maximum Gasteiger partial charge on any atom is 0.0839 e. The van der Waals surface area contributed by atoms with Crippen molar-refractivity contribution in [3.63, 3.8) is 0 Å².